The van der Waals surface area contributed by atoms with Crippen LogP contribution in [0, 0.1) is 10.1 Å². The Hall–Kier alpha value is -1.82. The van der Waals surface area contributed by atoms with Crippen molar-refractivity contribution in [1.82, 2.24) is 0 Å². The van der Waals surface area contributed by atoms with Crippen molar-refractivity contribution in [2.75, 3.05) is 37.0 Å². The molecule has 6 heteroatoms. The maximum Gasteiger partial charge on any atom is 0.315 e. The molecular formula is C15H23N3O3. The number of ether oxygens (including phenoxy) is 1. The predicted molar refractivity (Wildman–Crippen MR) is 84.1 cm³/mol. The molecule has 0 aromatic heterocycles. The average Bonchev–Trinajstić information content (AvgIpc) is 2.52. The van der Waals surface area contributed by atoms with Gasteiger partial charge in [0.05, 0.1) is 11.0 Å². The van der Waals surface area contributed by atoms with Gasteiger partial charge in [0.1, 0.15) is 11.4 Å². The highest BCUT2D eigenvalue weighted by molar-refractivity contribution is 5.77. The van der Waals surface area contributed by atoms with Crippen LogP contribution in [0.2, 0.25) is 0 Å². The van der Waals surface area contributed by atoms with E-state index in [1.165, 1.54) is 0 Å². The summed E-state index contributed by atoms with van der Waals surface area (Å²) < 4.78 is 5.41. The minimum atomic E-state index is -0.288. The molecule has 1 aromatic carbocycles. The number of anilines is 2. The summed E-state index contributed by atoms with van der Waals surface area (Å²) >= 11 is 0. The Labute approximate surface area is 125 Å². The zero-order valence-electron chi connectivity index (χ0n) is 12.7. The second kappa shape index (κ2) is 7.26. The summed E-state index contributed by atoms with van der Waals surface area (Å²) in [7, 11) is 1.70. The van der Waals surface area contributed by atoms with Crippen molar-refractivity contribution in [2.24, 2.45) is 0 Å². The summed E-state index contributed by atoms with van der Waals surface area (Å²) in [5.41, 5.74) is 1.45. The summed E-state index contributed by atoms with van der Waals surface area (Å²) in [6.45, 7) is 4.30. The normalized spacial score (nSPS) is 18.6. The molecule has 1 fully saturated rings. The van der Waals surface area contributed by atoms with E-state index < -0.39 is 0 Å². The Morgan fingerprint density at radius 2 is 2.33 bits per heavy atom. The second-order valence-corrected chi connectivity index (χ2v) is 5.30. The van der Waals surface area contributed by atoms with Crippen LogP contribution in [-0.2, 0) is 4.74 Å². The molecule has 0 radical (unpaired) electrons. The van der Waals surface area contributed by atoms with Gasteiger partial charge in [0.2, 0.25) is 0 Å². The van der Waals surface area contributed by atoms with Crippen molar-refractivity contribution in [3.05, 3.63) is 28.3 Å². The van der Waals surface area contributed by atoms with Crippen LogP contribution in [0.4, 0.5) is 17.1 Å². The van der Waals surface area contributed by atoms with E-state index in [2.05, 4.69) is 10.2 Å². The third kappa shape index (κ3) is 3.64. The van der Waals surface area contributed by atoms with Crippen LogP contribution in [0.3, 0.4) is 0 Å². The van der Waals surface area contributed by atoms with E-state index in [1.807, 2.05) is 19.1 Å². The highest BCUT2D eigenvalue weighted by Crippen LogP contribution is 2.36. The molecule has 1 N–H and O–H groups in total. The molecule has 1 aromatic rings. The number of benzene rings is 1. The first-order chi connectivity index (χ1) is 10.2. The van der Waals surface area contributed by atoms with Crippen LogP contribution in [0.1, 0.15) is 26.2 Å². The van der Waals surface area contributed by atoms with Crippen LogP contribution < -0.4 is 10.2 Å². The molecule has 1 aliphatic rings. The highest BCUT2D eigenvalue weighted by atomic mass is 16.6. The summed E-state index contributed by atoms with van der Waals surface area (Å²) in [6.07, 6.45) is 3.07. The van der Waals surface area contributed by atoms with Crippen molar-refractivity contribution in [2.45, 2.75) is 32.3 Å². The lowest BCUT2D eigenvalue weighted by atomic mass is 10.1. The van der Waals surface area contributed by atoms with Crippen molar-refractivity contribution < 1.29 is 9.66 Å². The molecule has 0 amide bonds. The molecule has 6 nitrogen and oxygen atoms in total. The van der Waals surface area contributed by atoms with Gasteiger partial charge in [-0.3, -0.25) is 10.1 Å². The van der Waals surface area contributed by atoms with Gasteiger partial charge in [0.15, 0.2) is 0 Å². The molecule has 116 valence electrons. The van der Waals surface area contributed by atoms with Crippen LogP contribution in [0.5, 0.6) is 0 Å². The third-order valence-corrected chi connectivity index (χ3v) is 3.81. The number of rotatable bonds is 6. The van der Waals surface area contributed by atoms with Gasteiger partial charge in [-0.25, -0.2) is 0 Å². The topological polar surface area (TPSA) is 67.6 Å². The lowest BCUT2D eigenvalue weighted by molar-refractivity contribution is -0.383. The predicted octanol–water partition coefficient (Wildman–Crippen LogP) is 3.03. The van der Waals surface area contributed by atoms with Gasteiger partial charge >= 0.3 is 5.69 Å². The maximum atomic E-state index is 11.5. The van der Waals surface area contributed by atoms with Crippen molar-refractivity contribution in [3.8, 4) is 0 Å². The zero-order chi connectivity index (χ0) is 15.2. The largest absolute Gasteiger partial charge is 0.380 e. The molecule has 0 bridgehead atoms. The van der Waals surface area contributed by atoms with Gasteiger partial charge in [-0.2, -0.15) is 0 Å². The Kier molecular flexibility index (Phi) is 5.38. The Morgan fingerprint density at radius 1 is 1.52 bits per heavy atom. The average molecular weight is 293 g/mol. The van der Waals surface area contributed by atoms with Gasteiger partial charge in [0.25, 0.3) is 0 Å². The maximum absolute atomic E-state index is 11.5. The van der Waals surface area contributed by atoms with Gasteiger partial charge < -0.3 is 15.0 Å². The molecule has 0 aliphatic carbocycles. The number of para-hydroxylation sites is 1. The van der Waals surface area contributed by atoms with Crippen LogP contribution >= 0.6 is 0 Å². The summed E-state index contributed by atoms with van der Waals surface area (Å²) in [6, 6.07) is 5.47. The van der Waals surface area contributed by atoms with Crippen LogP contribution in [-0.4, -0.2) is 37.8 Å². The van der Waals surface area contributed by atoms with E-state index in [0.717, 1.165) is 32.4 Å². The molecular weight excluding hydrogens is 270 g/mol. The fraction of sp³-hybridized carbons (Fsp3) is 0.600. The Bertz CT molecular complexity index is 493. The van der Waals surface area contributed by atoms with Crippen molar-refractivity contribution >= 4 is 17.1 Å². The molecule has 2 rings (SSSR count). The number of piperidine rings is 1. The molecule has 21 heavy (non-hydrogen) atoms. The van der Waals surface area contributed by atoms with E-state index in [4.69, 9.17) is 4.74 Å². The number of nitrogens with zero attached hydrogens (tertiary/aromatic N) is 2. The fourth-order valence-corrected chi connectivity index (χ4v) is 2.73. The lowest BCUT2D eigenvalue weighted by Crippen LogP contribution is -2.39. The molecule has 1 atom stereocenters. The van der Waals surface area contributed by atoms with Crippen molar-refractivity contribution in [1.29, 1.82) is 0 Å². The number of hydrogen-bond donors (Lipinski definition) is 1. The quantitative estimate of drug-likeness (QED) is 0.645. The summed E-state index contributed by atoms with van der Waals surface area (Å²) in [4.78, 5) is 13.3. The first kappa shape index (κ1) is 15.6. The summed E-state index contributed by atoms with van der Waals surface area (Å²) in [5.74, 6) is 0. The highest BCUT2D eigenvalue weighted by Gasteiger charge is 2.27. The molecule has 1 heterocycles. The Balaban J connectivity index is 2.31. The van der Waals surface area contributed by atoms with E-state index in [9.17, 15) is 10.1 Å². The second-order valence-electron chi connectivity index (χ2n) is 5.30. The molecule has 0 spiro atoms. The Morgan fingerprint density at radius 3 is 3.00 bits per heavy atom. The minimum Gasteiger partial charge on any atom is -0.380 e. The van der Waals surface area contributed by atoms with Crippen LogP contribution in [0.25, 0.3) is 0 Å². The number of hydrogen-bond acceptors (Lipinski definition) is 5. The van der Waals surface area contributed by atoms with E-state index >= 15 is 0 Å². The molecule has 1 aliphatic heterocycles. The molecule has 1 saturated heterocycles. The van der Waals surface area contributed by atoms with E-state index in [0.29, 0.717) is 17.9 Å². The monoisotopic (exact) mass is 293 g/mol. The van der Waals surface area contributed by atoms with Gasteiger partial charge in [-0.05, 0) is 31.4 Å². The fourth-order valence-electron chi connectivity index (χ4n) is 2.73. The molecule has 0 saturated carbocycles. The van der Waals surface area contributed by atoms with E-state index in [1.54, 1.807) is 13.2 Å². The smallest absolute Gasteiger partial charge is 0.315 e. The molecule has 1 unspecified atom stereocenters. The summed E-state index contributed by atoms with van der Waals surface area (Å²) in [5, 5.41) is 14.7. The first-order valence-electron chi connectivity index (χ1n) is 7.46. The zero-order valence-corrected chi connectivity index (χ0v) is 12.7. The van der Waals surface area contributed by atoms with Crippen molar-refractivity contribution in [3.63, 3.8) is 0 Å². The number of nitrogens with one attached hydrogen (secondary N) is 1. The first-order valence-corrected chi connectivity index (χ1v) is 7.46. The van der Waals surface area contributed by atoms with E-state index in [-0.39, 0.29) is 16.7 Å². The lowest BCUT2D eigenvalue weighted by Gasteiger charge is -2.33. The van der Waals surface area contributed by atoms with Gasteiger partial charge in [-0.1, -0.05) is 13.0 Å². The SMILES string of the molecule is CCCNc1cccc(N2CCCC(OC)C2)c1[N+](=O)[O-]. The van der Waals surface area contributed by atoms with Crippen LogP contribution in [0.15, 0.2) is 18.2 Å². The minimum absolute atomic E-state index is 0.144. The third-order valence-electron chi connectivity index (χ3n) is 3.81. The van der Waals surface area contributed by atoms with Gasteiger partial charge in [0, 0.05) is 26.7 Å². The number of nitro groups is 1. The number of methoxy groups -OCH3 is 1. The number of nitro benzene ring substituents is 1. The van der Waals surface area contributed by atoms with Gasteiger partial charge in [-0.15, -0.1) is 0 Å². The standard InChI is InChI=1S/C15H23N3O3/c1-3-9-16-13-7-4-8-14(15(13)18(19)20)17-10-5-6-12(11-17)21-2/h4,7-8,12,16H,3,5-6,9-11H2,1-2H3.